The number of anilines is 3. The summed E-state index contributed by atoms with van der Waals surface area (Å²) in [6.07, 6.45) is 0. The van der Waals surface area contributed by atoms with Crippen molar-refractivity contribution in [2.24, 2.45) is 0 Å². The summed E-state index contributed by atoms with van der Waals surface area (Å²) in [6.45, 7) is 0. The summed E-state index contributed by atoms with van der Waals surface area (Å²) in [6, 6.07) is 84.4. The average molecular weight is 763 g/mol. The van der Waals surface area contributed by atoms with Crippen LogP contribution in [0.5, 0.6) is 0 Å². The van der Waals surface area contributed by atoms with Gasteiger partial charge >= 0.3 is 0 Å². The molecule has 1 aromatic heterocycles. The maximum absolute atomic E-state index is 2.52. The lowest BCUT2D eigenvalue weighted by atomic mass is 9.85. The van der Waals surface area contributed by atoms with E-state index >= 15 is 0 Å². The van der Waals surface area contributed by atoms with Crippen molar-refractivity contribution in [3.8, 4) is 27.9 Å². The number of rotatable bonds is 6. The van der Waals surface area contributed by atoms with Gasteiger partial charge in [-0.3, -0.25) is 0 Å². The molecular weight excluding hydrogens is 725 g/mol. The Morgan fingerprint density at radius 3 is 1.57 bits per heavy atom. The predicted octanol–water partition coefficient (Wildman–Crippen LogP) is 16.2. The highest BCUT2D eigenvalue weighted by atomic mass is 15.2. The van der Waals surface area contributed by atoms with E-state index in [0.717, 1.165) is 28.3 Å². The number of para-hydroxylation sites is 3. The summed E-state index contributed by atoms with van der Waals surface area (Å²) < 4.78 is 2.45. The number of fused-ring (bicyclic) bond motifs is 9. The van der Waals surface area contributed by atoms with Crippen molar-refractivity contribution in [2.75, 3.05) is 4.90 Å². The Hall–Kier alpha value is -7.94. The van der Waals surface area contributed by atoms with Crippen molar-refractivity contribution in [1.29, 1.82) is 0 Å². The Morgan fingerprint density at radius 2 is 0.817 bits per heavy atom. The third-order valence-electron chi connectivity index (χ3n) is 12.3. The zero-order valence-corrected chi connectivity index (χ0v) is 32.8. The molecule has 0 N–H and O–H groups in total. The summed E-state index contributed by atoms with van der Waals surface area (Å²) >= 11 is 0. The zero-order chi connectivity index (χ0) is 39.6. The predicted molar refractivity (Wildman–Crippen MR) is 256 cm³/mol. The second-order valence-electron chi connectivity index (χ2n) is 15.6. The Labute approximate surface area is 348 Å². The van der Waals surface area contributed by atoms with Gasteiger partial charge in [-0.05, 0) is 102 Å². The van der Waals surface area contributed by atoms with E-state index in [1.54, 1.807) is 0 Å². The highest BCUT2D eigenvalue weighted by molar-refractivity contribution is 6.23. The van der Waals surface area contributed by atoms with Crippen LogP contribution in [0.1, 0.15) is 0 Å². The maximum Gasteiger partial charge on any atom is 0.0782 e. The topological polar surface area (TPSA) is 8.17 Å². The van der Waals surface area contributed by atoms with E-state index in [0.29, 0.717) is 0 Å². The molecule has 1 heterocycles. The quantitative estimate of drug-likeness (QED) is 0.153. The summed E-state index contributed by atoms with van der Waals surface area (Å²) in [5.74, 6) is 0. The molecule has 2 heteroatoms. The van der Waals surface area contributed by atoms with Gasteiger partial charge in [-0.15, -0.1) is 0 Å². The van der Waals surface area contributed by atoms with E-state index in [1.165, 1.54) is 81.6 Å². The minimum atomic E-state index is 1.09. The molecule has 12 rings (SSSR count). The van der Waals surface area contributed by atoms with Gasteiger partial charge in [0.25, 0.3) is 0 Å². The molecule has 0 saturated heterocycles. The van der Waals surface area contributed by atoms with Crippen LogP contribution in [0, 0.1) is 0 Å². The van der Waals surface area contributed by atoms with Gasteiger partial charge in [0.05, 0.1) is 22.4 Å². The van der Waals surface area contributed by atoms with E-state index in [-0.39, 0.29) is 0 Å². The fourth-order valence-corrected chi connectivity index (χ4v) is 9.78. The summed E-state index contributed by atoms with van der Waals surface area (Å²) in [4.78, 5) is 2.52. The summed E-state index contributed by atoms with van der Waals surface area (Å²) in [5, 5.41) is 12.3. The first kappa shape index (κ1) is 34.1. The molecule has 0 aliphatic rings. The molecule has 0 aliphatic carbocycles. The lowest BCUT2D eigenvalue weighted by Gasteiger charge is -2.29. The molecular formula is C58H38N2. The van der Waals surface area contributed by atoms with Crippen molar-refractivity contribution in [2.45, 2.75) is 0 Å². The molecule has 0 aliphatic heterocycles. The number of nitrogens with zero attached hydrogens (tertiary/aromatic N) is 2. The van der Waals surface area contributed by atoms with Gasteiger partial charge in [-0.1, -0.05) is 188 Å². The molecule has 0 fully saturated rings. The van der Waals surface area contributed by atoms with Gasteiger partial charge < -0.3 is 9.47 Å². The molecule has 0 saturated carbocycles. The summed E-state index contributed by atoms with van der Waals surface area (Å²) in [5.41, 5.74) is 11.7. The third kappa shape index (κ3) is 5.28. The number of hydrogen-bond acceptors (Lipinski definition) is 1. The van der Waals surface area contributed by atoms with E-state index in [2.05, 4.69) is 240 Å². The fraction of sp³-hybridized carbons (Fsp3) is 0. The van der Waals surface area contributed by atoms with Crippen molar-refractivity contribution < 1.29 is 0 Å². The molecule has 2 nitrogen and oxygen atoms in total. The van der Waals surface area contributed by atoms with E-state index in [4.69, 9.17) is 0 Å². The van der Waals surface area contributed by atoms with Crippen LogP contribution in [0.25, 0.3) is 92.8 Å². The molecule has 0 atom stereocenters. The SMILES string of the molecule is c1ccc(-c2c(-c3ccccc3)c3cc(N(c4cccc5c4ccc4ccccc45)c4cccc5c6ccccc6n(-c6ccccc6)c45)ccc3c3ccccc23)cc1. The molecule has 280 valence electrons. The first-order chi connectivity index (χ1) is 29.8. The van der Waals surface area contributed by atoms with Gasteiger partial charge in [0, 0.05) is 27.5 Å². The van der Waals surface area contributed by atoms with Crippen LogP contribution in [0.2, 0.25) is 0 Å². The van der Waals surface area contributed by atoms with Crippen LogP contribution < -0.4 is 4.90 Å². The molecule has 0 amide bonds. The standard InChI is InChI=1S/C58H38N2/c1-4-19-40(20-5-1)56-50-28-13-12-26-46(50)47-37-35-43(38-52(47)57(56)41-21-6-2-7-22-41)59(53-32-16-29-45-44-25-11-10-18-39(44)34-36-49(45)53)55-33-17-30-51-48-27-14-15-31-54(48)60(58(51)55)42-23-8-3-9-24-42/h1-38H. The smallest absolute Gasteiger partial charge is 0.0782 e. The molecule has 0 spiro atoms. The minimum Gasteiger partial charge on any atom is -0.308 e. The molecule has 12 aromatic rings. The Balaban J connectivity index is 1.24. The molecule has 60 heavy (non-hydrogen) atoms. The summed E-state index contributed by atoms with van der Waals surface area (Å²) in [7, 11) is 0. The zero-order valence-electron chi connectivity index (χ0n) is 32.8. The van der Waals surface area contributed by atoms with Gasteiger partial charge in [0.15, 0.2) is 0 Å². The van der Waals surface area contributed by atoms with Crippen LogP contribution in [-0.2, 0) is 0 Å². The van der Waals surface area contributed by atoms with Crippen molar-refractivity contribution in [3.63, 3.8) is 0 Å². The first-order valence-electron chi connectivity index (χ1n) is 20.7. The molecule has 0 bridgehead atoms. The maximum atomic E-state index is 2.52. The number of benzene rings is 11. The van der Waals surface area contributed by atoms with Gasteiger partial charge in [0.1, 0.15) is 0 Å². The monoisotopic (exact) mass is 762 g/mol. The minimum absolute atomic E-state index is 1.09. The van der Waals surface area contributed by atoms with Crippen LogP contribution in [0.3, 0.4) is 0 Å². The Kier molecular flexibility index (Phi) is 7.89. The average Bonchev–Trinajstić information content (AvgIpc) is 3.67. The van der Waals surface area contributed by atoms with Gasteiger partial charge in [0.2, 0.25) is 0 Å². The molecule has 11 aromatic carbocycles. The molecule has 0 radical (unpaired) electrons. The van der Waals surface area contributed by atoms with Crippen molar-refractivity contribution >= 4 is 82.0 Å². The lowest BCUT2D eigenvalue weighted by Crippen LogP contribution is -2.12. The van der Waals surface area contributed by atoms with E-state index < -0.39 is 0 Å². The third-order valence-corrected chi connectivity index (χ3v) is 12.3. The second kappa shape index (κ2) is 13.9. The van der Waals surface area contributed by atoms with Crippen molar-refractivity contribution in [1.82, 2.24) is 4.57 Å². The van der Waals surface area contributed by atoms with Crippen LogP contribution in [0.4, 0.5) is 17.1 Å². The largest absolute Gasteiger partial charge is 0.308 e. The van der Waals surface area contributed by atoms with Crippen molar-refractivity contribution in [3.05, 3.63) is 231 Å². The lowest BCUT2D eigenvalue weighted by molar-refractivity contribution is 1.17. The van der Waals surface area contributed by atoms with Crippen LogP contribution >= 0.6 is 0 Å². The Morgan fingerprint density at radius 1 is 0.300 bits per heavy atom. The van der Waals surface area contributed by atoms with Crippen LogP contribution in [0.15, 0.2) is 231 Å². The van der Waals surface area contributed by atoms with Gasteiger partial charge in [-0.25, -0.2) is 0 Å². The highest BCUT2D eigenvalue weighted by Gasteiger charge is 2.25. The van der Waals surface area contributed by atoms with Crippen LogP contribution in [-0.4, -0.2) is 4.57 Å². The fourth-order valence-electron chi connectivity index (χ4n) is 9.78. The van der Waals surface area contributed by atoms with E-state index in [1.807, 2.05) is 0 Å². The molecule has 0 unspecified atom stereocenters. The first-order valence-corrected chi connectivity index (χ1v) is 20.7. The van der Waals surface area contributed by atoms with Gasteiger partial charge in [-0.2, -0.15) is 0 Å². The van der Waals surface area contributed by atoms with E-state index in [9.17, 15) is 0 Å². The second-order valence-corrected chi connectivity index (χ2v) is 15.6. The highest BCUT2D eigenvalue weighted by Crippen LogP contribution is 2.49. The number of aromatic nitrogens is 1. The number of hydrogen-bond donors (Lipinski definition) is 0. The Bertz CT molecular complexity index is 3590. The normalized spacial score (nSPS) is 11.7.